The van der Waals surface area contributed by atoms with E-state index in [0.717, 1.165) is 0 Å². The van der Waals surface area contributed by atoms with E-state index in [0.29, 0.717) is 24.3 Å². The summed E-state index contributed by atoms with van der Waals surface area (Å²) in [6, 6.07) is 8.73. The quantitative estimate of drug-likeness (QED) is 0.568. The molecule has 3 rings (SSSR count). The lowest BCUT2D eigenvalue weighted by atomic mass is 10.0. The number of carbonyl (C=O) groups is 1. The van der Waals surface area contributed by atoms with E-state index in [1.165, 1.54) is 0 Å². The zero-order valence-corrected chi connectivity index (χ0v) is 16.9. The molecule has 1 fully saturated rings. The zero-order valence-electron chi connectivity index (χ0n) is 16.9. The Hall–Kier alpha value is -3.26. The summed E-state index contributed by atoms with van der Waals surface area (Å²) in [7, 11) is 0. The van der Waals surface area contributed by atoms with Gasteiger partial charge in [0.1, 0.15) is 23.6 Å². The van der Waals surface area contributed by atoms with Crippen LogP contribution in [0.25, 0.3) is 11.4 Å². The molecular formula is C20H23N5O5. The van der Waals surface area contributed by atoms with Crippen LogP contribution in [0, 0.1) is 11.3 Å². The van der Waals surface area contributed by atoms with E-state index in [2.05, 4.69) is 21.5 Å². The molecule has 1 aromatic heterocycles. The lowest BCUT2D eigenvalue weighted by Gasteiger charge is -2.28. The summed E-state index contributed by atoms with van der Waals surface area (Å²) in [6.45, 7) is 5.43. The van der Waals surface area contributed by atoms with Crippen molar-refractivity contribution in [3.8, 4) is 23.3 Å². The monoisotopic (exact) mass is 413 g/mol. The van der Waals surface area contributed by atoms with Gasteiger partial charge in [-0.05, 0) is 32.9 Å². The lowest BCUT2D eigenvalue weighted by Crippen LogP contribution is -2.42. The fraction of sp³-hybridized carbons (Fsp3) is 0.400. The highest BCUT2D eigenvalue weighted by Gasteiger charge is 2.29. The maximum Gasteiger partial charge on any atom is 0.284 e. The Morgan fingerprint density at radius 1 is 1.43 bits per heavy atom. The van der Waals surface area contributed by atoms with Crippen molar-refractivity contribution in [3.05, 3.63) is 35.4 Å². The van der Waals surface area contributed by atoms with Gasteiger partial charge < -0.3 is 20.3 Å². The third-order valence-electron chi connectivity index (χ3n) is 4.59. The molecule has 1 unspecified atom stereocenters. The van der Waals surface area contributed by atoms with Crippen LogP contribution in [0.15, 0.2) is 24.3 Å². The molecule has 0 saturated carbocycles. The van der Waals surface area contributed by atoms with Crippen LogP contribution in [0.2, 0.25) is 0 Å². The molecule has 1 aromatic carbocycles. The highest BCUT2D eigenvalue weighted by atomic mass is 16.7. The number of rotatable bonds is 7. The van der Waals surface area contributed by atoms with Crippen molar-refractivity contribution in [2.75, 3.05) is 18.9 Å². The van der Waals surface area contributed by atoms with Gasteiger partial charge in [-0.25, -0.2) is 10.5 Å². The molecular weight excluding hydrogens is 390 g/mol. The van der Waals surface area contributed by atoms with Crippen LogP contribution in [-0.4, -0.2) is 52.0 Å². The summed E-state index contributed by atoms with van der Waals surface area (Å²) in [5.74, 6) is -0.641. The molecule has 1 atom stereocenters. The van der Waals surface area contributed by atoms with Gasteiger partial charge in [-0.1, -0.05) is 12.1 Å². The van der Waals surface area contributed by atoms with Gasteiger partial charge in [-0.15, -0.1) is 0 Å². The first-order valence-corrected chi connectivity index (χ1v) is 9.30. The molecule has 1 aliphatic heterocycles. The number of hydrogen-bond donors (Lipinski definition) is 3. The predicted molar refractivity (Wildman–Crippen MR) is 106 cm³/mol. The Balaban J connectivity index is 1.93. The van der Waals surface area contributed by atoms with Gasteiger partial charge in [0.05, 0.1) is 30.4 Å². The van der Waals surface area contributed by atoms with Crippen molar-refractivity contribution in [1.29, 1.82) is 5.26 Å². The molecule has 0 radical (unpaired) electrons. The van der Waals surface area contributed by atoms with Gasteiger partial charge in [0.15, 0.2) is 5.82 Å². The van der Waals surface area contributed by atoms with Crippen LogP contribution in [0.3, 0.4) is 0 Å². The van der Waals surface area contributed by atoms with Gasteiger partial charge in [-0.2, -0.15) is 10.2 Å². The topological polar surface area (TPSA) is 153 Å². The molecule has 10 heteroatoms. The molecule has 0 spiro atoms. The Labute approximate surface area is 173 Å². The minimum atomic E-state index is -1.17. The van der Waals surface area contributed by atoms with Crippen LogP contribution in [0.5, 0.6) is 5.88 Å². The fourth-order valence-corrected chi connectivity index (χ4v) is 2.39. The Morgan fingerprint density at radius 3 is 2.77 bits per heavy atom. The third-order valence-corrected chi connectivity index (χ3v) is 4.59. The first-order valence-electron chi connectivity index (χ1n) is 9.30. The number of hydroxylamine groups is 1. The van der Waals surface area contributed by atoms with Crippen LogP contribution in [-0.2, 0) is 9.57 Å². The minimum Gasteiger partial charge on any atom is -0.469 e. The molecule has 2 heterocycles. The average Bonchev–Trinajstić information content (AvgIpc) is 2.67. The number of nitrogens with one attached hydrogen (secondary N) is 1. The molecule has 1 saturated heterocycles. The van der Waals surface area contributed by atoms with Gasteiger partial charge in [0.25, 0.3) is 5.91 Å². The lowest BCUT2D eigenvalue weighted by molar-refractivity contribution is -0.107. The Kier molecular flexibility index (Phi) is 6.17. The molecule has 158 valence electrons. The predicted octanol–water partition coefficient (Wildman–Crippen LogP) is 1.20. The largest absolute Gasteiger partial charge is 0.469 e. The molecule has 4 N–H and O–H groups in total. The molecule has 30 heavy (non-hydrogen) atoms. The number of hydrogen-bond acceptors (Lipinski definition) is 9. The second-order valence-corrected chi connectivity index (χ2v) is 7.43. The zero-order chi connectivity index (χ0) is 21.9. The molecule has 1 aliphatic rings. The van der Waals surface area contributed by atoms with Gasteiger partial charge >= 0.3 is 0 Å². The van der Waals surface area contributed by atoms with Crippen molar-refractivity contribution in [2.45, 2.75) is 38.6 Å². The summed E-state index contributed by atoms with van der Waals surface area (Å²) >= 11 is 0. The number of ether oxygens (including phenoxy) is 2. The SMILES string of the molecule is CC(ONC(=O)c1c(N)nc(-c2cccc(C#N)c2)nc1OC1COC1)C(C)(C)O. The summed E-state index contributed by atoms with van der Waals surface area (Å²) < 4.78 is 10.9. The number of aliphatic hydroxyl groups is 1. The second kappa shape index (κ2) is 8.62. The van der Waals surface area contributed by atoms with Crippen molar-refractivity contribution < 1.29 is 24.2 Å². The molecule has 10 nitrogen and oxygen atoms in total. The standard InChI is InChI=1S/C20H23N5O5/c1-11(20(2,3)27)30-25-18(26)15-16(22)23-17(13-6-4-5-12(7-13)8-21)24-19(15)29-14-9-28-10-14/h4-7,11,14,27H,9-10H2,1-3H3,(H,25,26)(H2,22,23,24). The molecule has 0 bridgehead atoms. The smallest absolute Gasteiger partial charge is 0.284 e. The molecule has 2 aromatic rings. The van der Waals surface area contributed by atoms with E-state index in [4.69, 9.17) is 25.3 Å². The highest BCUT2D eigenvalue weighted by Crippen LogP contribution is 2.28. The van der Waals surface area contributed by atoms with Crippen LogP contribution in [0.4, 0.5) is 5.82 Å². The van der Waals surface area contributed by atoms with E-state index in [1.54, 1.807) is 45.0 Å². The normalized spacial score (nSPS) is 15.0. The number of carbonyl (C=O) groups excluding carboxylic acids is 1. The van der Waals surface area contributed by atoms with E-state index in [9.17, 15) is 9.90 Å². The van der Waals surface area contributed by atoms with E-state index < -0.39 is 17.6 Å². The number of nitrogens with zero attached hydrogens (tertiary/aromatic N) is 3. The van der Waals surface area contributed by atoms with Gasteiger partial charge in [-0.3, -0.25) is 9.63 Å². The number of nitrogens with two attached hydrogens (primary N) is 1. The maximum atomic E-state index is 12.7. The van der Waals surface area contributed by atoms with E-state index >= 15 is 0 Å². The van der Waals surface area contributed by atoms with Crippen molar-refractivity contribution >= 4 is 11.7 Å². The van der Waals surface area contributed by atoms with Crippen LogP contribution in [0.1, 0.15) is 36.7 Å². The number of nitriles is 1. The first kappa shape index (κ1) is 21.4. The van der Waals surface area contributed by atoms with Crippen LogP contribution < -0.4 is 16.0 Å². The van der Waals surface area contributed by atoms with Gasteiger partial charge in [0, 0.05) is 5.56 Å². The Morgan fingerprint density at radius 2 is 2.17 bits per heavy atom. The van der Waals surface area contributed by atoms with Crippen molar-refractivity contribution in [1.82, 2.24) is 15.4 Å². The van der Waals surface area contributed by atoms with E-state index in [1.807, 2.05) is 0 Å². The molecule has 1 amide bonds. The average molecular weight is 413 g/mol. The van der Waals surface area contributed by atoms with Gasteiger partial charge in [0.2, 0.25) is 5.88 Å². The Bertz CT molecular complexity index is 979. The fourth-order valence-electron chi connectivity index (χ4n) is 2.39. The summed E-state index contributed by atoms with van der Waals surface area (Å²) in [5, 5.41) is 19.1. The summed E-state index contributed by atoms with van der Waals surface area (Å²) in [4.78, 5) is 26.5. The third kappa shape index (κ3) is 4.83. The minimum absolute atomic E-state index is 0.0230. The van der Waals surface area contributed by atoms with E-state index in [-0.39, 0.29) is 29.2 Å². The number of aromatic nitrogens is 2. The molecule has 0 aliphatic carbocycles. The maximum absolute atomic E-state index is 12.7. The number of anilines is 1. The second-order valence-electron chi connectivity index (χ2n) is 7.43. The highest BCUT2D eigenvalue weighted by molar-refractivity contribution is 6.00. The van der Waals surface area contributed by atoms with Crippen LogP contribution >= 0.6 is 0 Å². The summed E-state index contributed by atoms with van der Waals surface area (Å²) in [6.07, 6.45) is -0.971. The number of amides is 1. The van der Waals surface area contributed by atoms with Crippen molar-refractivity contribution in [3.63, 3.8) is 0 Å². The number of benzene rings is 1. The summed E-state index contributed by atoms with van der Waals surface area (Å²) in [5.41, 5.74) is 8.04. The first-order chi connectivity index (χ1) is 14.2. The van der Waals surface area contributed by atoms with Crippen molar-refractivity contribution in [2.24, 2.45) is 0 Å². The number of nitrogen functional groups attached to an aromatic ring is 1.